The Bertz CT molecular complexity index is 1130. The van der Waals surface area contributed by atoms with Crippen molar-refractivity contribution in [3.8, 4) is 11.4 Å². The normalized spacial score (nSPS) is 16.6. The number of aromatic nitrogens is 2. The lowest BCUT2D eigenvalue weighted by Crippen LogP contribution is -2.38. The van der Waals surface area contributed by atoms with Crippen molar-refractivity contribution in [2.45, 2.75) is 31.4 Å². The first-order chi connectivity index (χ1) is 15.2. The Balaban J connectivity index is 2.03. The van der Waals surface area contributed by atoms with Gasteiger partial charge in [0.1, 0.15) is 18.1 Å². The van der Waals surface area contributed by atoms with E-state index in [9.17, 15) is 14.7 Å². The van der Waals surface area contributed by atoms with E-state index in [4.69, 9.17) is 9.84 Å². The minimum atomic E-state index is -1.07. The Kier molecular flexibility index (Phi) is 6.05. The molecule has 1 amide bonds. The summed E-state index contributed by atoms with van der Waals surface area (Å²) in [7, 11) is 1.60. The molecule has 32 heavy (non-hydrogen) atoms. The van der Waals surface area contributed by atoms with E-state index in [1.807, 2.05) is 29.6 Å². The van der Waals surface area contributed by atoms with Gasteiger partial charge in [0, 0.05) is 11.0 Å². The van der Waals surface area contributed by atoms with Crippen LogP contribution < -0.4 is 9.64 Å². The maximum Gasteiger partial charge on any atom is 0.323 e. The Morgan fingerprint density at radius 1 is 1.25 bits per heavy atom. The predicted octanol–water partition coefficient (Wildman–Crippen LogP) is 4.49. The average molecular weight is 472 g/mol. The first-order valence-electron chi connectivity index (χ1n) is 10.1. The summed E-state index contributed by atoms with van der Waals surface area (Å²) in [4.78, 5) is 26.3. The number of aliphatic carboxylic acids is 1. The molecule has 1 aliphatic rings. The zero-order valence-corrected chi connectivity index (χ0v) is 20.0. The topological polar surface area (TPSA) is 84.7 Å². The van der Waals surface area contributed by atoms with Gasteiger partial charge in [-0.05, 0) is 46.7 Å². The maximum absolute atomic E-state index is 13.2. The number of thioether (sulfide) groups is 1. The van der Waals surface area contributed by atoms with E-state index in [-0.39, 0.29) is 22.3 Å². The molecule has 0 aliphatic carbocycles. The number of carboxylic acid groups (broad SMARTS) is 1. The maximum atomic E-state index is 13.2. The van der Waals surface area contributed by atoms with Crippen LogP contribution in [0.3, 0.4) is 0 Å². The summed E-state index contributed by atoms with van der Waals surface area (Å²) in [6, 6.07) is 9.43. The molecular formula is C23H25N3O4S2. The van der Waals surface area contributed by atoms with Gasteiger partial charge in [0.2, 0.25) is 5.91 Å². The van der Waals surface area contributed by atoms with E-state index in [1.54, 1.807) is 23.1 Å². The molecule has 1 atom stereocenters. The SMILES string of the molecule is COc1ccc(-n2nc(C(C)(C)C)c3c2N(CC(=O)O)C(=O)CSC3c2ccsc2)cc1. The smallest absolute Gasteiger partial charge is 0.323 e. The van der Waals surface area contributed by atoms with E-state index in [2.05, 4.69) is 32.2 Å². The zero-order valence-electron chi connectivity index (χ0n) is 18.4. The second-order valence-corrected chi connectivity index (χ2v) is 10.4. The molecule has 4 rings (SSSR count). The Hall–Kier alpha value is -2.78. The average Bonchev–Trinajstić information content (AvgIpc) is 3.38. The monoisotopic (exact) mass is 471 g/mol. The van der Waals surface area contributed by atoms with Crippen molar-refractivity contribution < 1.29 is 19.4 Å². The quantitative estimate of drug-likeness (QED) is 0.590. The Labute approximate surface area is 195 Å². The number of anilines is 1. The number of hydrogen-bond acceptors (Lipinski definition) is 6. The van der Waals surface area contributed by atoms with Crippen LogP contribution >= 0.6 is 23.1 Å². The van der Waals surface area contributed by atoms with Gasteiger partial charge in [0.05, 0.1) is 29.5 Å². The molecule has 0 saturated carbocycles. The molecule has 168 valence electrons. The van der Waals surface area contributed by atoms with Crippen molar-refractivity contribution in [2.75, 3.05) is 24.3 Å². The van der Waals surface area contributed by atoms with Gasteiger partial charge < -0.3 is 9.84 Å². The Morgan fingerprint density at radius 2 is 1.97 bits per heavy atom. The van der Waals surface area contributed by atoms with Gasteiger partial charge in [-0.15, -0.1) is 11.8 Å². The van der Waals surface area contributed by atoms with Crippen LogP contribution in [0.1, 0.15) is 42.8 Å². The number of ether oxygens (including phenoxy) is 1. The summed E-state index contributed by atoms with van der Waals surface area (Å²) in [5.74, 6) is 0.103. The van der Waals surface area contributed by atoms with Crippen LogP contribution in [0.4, 0.5) is 5.82 Å². The summed E-state index contributed by atoms with van der Waals surface area (Å²) in [5, 5.41) is 18.5. The number of nitrogens with zero attached hydrogens (tertiary/aromatic N) is 3. The van der Waals surface area contributed by atoms with Crippen molar-refractivity contribution in [1.82, 2.24) is 9.78 Å². The number of amides is 1. The minimum Gasteiger partial charge on any atom is -0.497 e. The van der Waals surface area contributed by atoms with Gasteiger partial charge in [0.25, 0.3) is 0 Å². The van der Waals surface area contributed by atoms with Crippen molar-refractivity contribution in [1.29, 1.82) is 0 Å². The highest BCUT2D eigenvalue weighted by Gasteiger charge is 2.39. The molecule has 1 aliphatic heterocycles. The molecule has 0 fully saturated rings. The van der Waals surface area contributed by atoms with Crippen LogP contribution in [-0.2, 0) is 15.0 Å². The molecule has 3 aromatic rings. The molecule has 9 heteroatoms. The van der Waals surface area contributed by atoms with E-state index in [0.29, 0.717) is 11.6 Å². The van der Waals surface area contributed by atoms with E-state index >= 15 is 0 Å². The molecular weight excluding hydrogens is 446 g/mol. The molecule has 1 aromatic carbocycles. The summed E-state index contributed by atoms with van der Waals surface area (Å²) in [5.41, 5.74) is 3.24. The first-order valence-corrected chi connectivity index (χ1v) is 12.1. The fourth-order valence-electron chi connectivity index (χ4n) is 3.80. The van der Waals surface area contributed by atoms with Crippen LogP contribution in [0, 0.1) is 0 Å². The van der Waals surface area contributed by atoms with Gasteiger partial charge in [-0.2, -0.15) is 16.4 Å². The van der Waals surface area contributed by atoms with E-state index in [1.165, 1.54) is 16.7 Å². The van der Waals surface area contributed by atoms with Gasteiger partial charge >= 0.3 is 5.97 Å². The number of carboxylic acids is 1. The highest BCUT2D eigenvalue weighted by molar-refractivity contribution is 8.00. The number of fused-ring (bicyclic) bond motifs is 1. The fourth-order valence-corrected chi connectivity index (χ4v) is 5.76. The van der Waals surface area contributed by atoms with Gasteiger partial charge in [0.15, 0.2) is 0 Å². The van der Waals surface area contributed by atoms with Crippen LogP contribution in [0.25, 0.3) is 5.69 Å². The lowest BCUT2D eigenvalue weighted by Gasteiger charge is -2.23. The molecule has 0 bridgehead atoms. The van der Waals surface area contributed by atoms with E-state index < -0.39 is 12.5 Å². The van der Waals surface area contributed by atoms with Gasteiger partial charge in [-0.1, -0.05) is 20.8 Å². The lowest BCUT2D eigenvalue weighted by atomic mass is 9.87. The second-order valence-electron chi connectivity index (χ2n) is 8.57. The molecule has 0 spiro atoms. The highest BCUT2D eigenvalue weighted by Crippen LogP contribution is 2.48. The van der Waals surface area contributed by atoms with Crippen LogP contribution in [0.2, 0.25) is 0 Å². The molecule has 1 N–H and O–H groups in total. The largest absolute Gasteiger partial charge is 0.497 e. The standard InChI is InChI=1S/C23H25N3O4S2/c1-23(2,3)21-19-20(14-9-10-31-12-14)32-13-17(27)25(11-18(28)29)22(19)26(24-21)15-5-7-16(30-4)8-6-15/h5-10,12,20H,11,13H2,1-4H3,(H,28,29). The number of carbonyl (C=O) groups excluding carboxylic acids is 1. The van der Waals surface area contributed by atoms with E-state index in [0.717, 1.165) is 22.5 Å². The molecule has 7 nitrogen and oxygen atoms in total. The highest BCUT2D eigenvalue weighted by atomic mass is 32.2. The number of hydrogen-bond donors (Lipinski definition) is 1. The lowest BCUT2D eigenvalue weighted by molar-refractivity contribution is -0.136. The van der Waals surface area contributed by atoms with Crippen molar-refractivity contribution >= 4 is 40.8 Å². The fraction of sp³-hybridized carbons (Fsp3) is 0.348. The third kappa shape index (κ3) is 4.14. The summed E-state index contributed by atoms with van der Waals surface area (Å²) in [6.07, 6.45) is 0. The third-order valence-corrected chi connectivity index (χ3v) is 7.21. The first kappa shape index (κ1) is 22.4. The second kappa shape index (κ2) is 8.63. The molecule has 3 heterocycles. The number of thiophene rings is 1. The zero-order chi connectivity index (χ0) is 23.0. The van der Waals surface area contributed by atoms with Crippen LogP contribution in [0.15, 0.2) is 41.1 Å². The van der Waals surface area contributed by atoms with Crippen molar-refractivity contribution in [3.05, 3.63) is 57.9 Å². The number of rotatable bonds is 5. The molecule has 0 saturated heterocycles. The van der Waals surface area contributed by atoms with Gasteiger partial charge in [-0.25, -0.2) is 4.68 Å². The van der Waals surface area contributed by atoms with Crippen molar-refractivity contribution in [2.24, 2.45) is 0 Å². The molecule has 0 radical (unpaired) electrons. The van der Waals surface area contributed by atoms with Gasteiger partial charge in [-0.3, -0.25) is 14.5 Å². The van der Waals surface area contributed by atoms with Crippen molar-refractivity contribution in [3.63, 3.8) is 0 Å². The Morgan fingerprint density at radius 3 is 2.53 bits per heavy atom. The molecule has 1 unspecified atom stereocenters. The number of benzene rings is 1. The number of carbonyl (C=O) groups is 2. The summed E-state index contributed by atoms with van der Waals surface area (Å²) >= 11 is 3.12. The summed E-state index contributed by atoms with van der Waals surface area (Å²) < 4.78 is 6.99. The third-order valence-electron chi connectivity index (χ3n) is 5.26. The minimum absolute atomic E-state index is 0.125. The predicted molar refractivity (Wildman–Crippen MR) is 127 cm³/mol. The summed E-state index contributed by atoms with van der Waals surface area (Å²) in [6.45, 7) is 5.82. The molecule has 2 aromatic heterocycles. The van der Waals surface area contributed by atoms with Crippen LogP contribution in [-0.4, -0.2) is 46.2 Å². The number of methoxy groups -OCH3 is 1. The van der Waals surface area contributed by atoms with Crippen LogP contribution in [0.5, 0.6) is 5.75 Å².